The fraction of sp³-hybridized carbons (Fsp3) is 1.00. The van der Waals surface area contributed by atoms with Gasteiger partial charge in [-0.05, 0) is 33.2 Å². The van der Waals surface area contributed by atoms with Crippen LogP contribution in [-0.4, -0.2) is 25.8 Å². The van der Waals surface area contributed by atoms with Crippen LogP contribution in [0.1, 0.15) is 40.5 Å². The van der Waals surface area contributed by atoms with Crippen LogP contribution in [0.3, 0.4) is 0 Å². The molecule has 2 nitrogen and oxygen atoms in total. The predicted molar refractivity (Wildman–Crippen MR) is 58.0 cm³/mol. The molecule has 0 amide bonds. The molecule has 1 N–H and O–H groups in total. The maximum Gasteiger partial charge on any atom is 0.0637 e. The molecule has 0 fully saturated rings. The molecule has 80 valence electrons. The molecular weight excluding hydrogens is 162 g/mol. The zero-order chi connectivity index (χ0) is 10.5. The summed E-state index contributed by atoms with van der Waals surface area (Å²) < 4.78 is 5.42. The van der Waals surface area contributed by atoms with Crippen LogP contribution in [0.25, 0.3) is 0 Å². The van der Waals surface area contributed by atoms with Gasteiger partial charge in [0, 0.05) is 13.2 Å². The molecule has 13 heavy (non-hydrogen) atoms. The Balaban J connectivity index is 4.11. The van der Waals surface area contributed by atoms with E-state index in [9.17, 15) is 0 Å². The van der Waals surface area contributed by atoms with Crippen LogP contribution in [0, 0.1) is 5.92 Å². The predicted octanol–water partition coefficient (Wildman–Crippen LogP) is 2.44. The number of nitrogens with one attached hydrogen (secondary N) is 1. The molecule has 0 saturated carbocycles. The third-order valence-electron chi connectivity index (χ3n) is 2.97. The minimum absolute atomic E-state index is 0.0168. The summed E-state index contributed by atoms with van der Waals surface area (Å²) in [5, 5.41) is 3.36. The van der Waals surface area contributed by atoms with Gasteiger partial charge in [-0.3, -0.25) is 0 Å². The Labute approximate surface area is 83.1 Å². The van der Waals surface area contributed by atoms with Crippen LogP contribution >= 0.6 is 0 Å². The second-order valence-electron chi connectivity index (χ2n) is 4.45. The summed E-state index contributed by atoms with van der Waals surface area (Å²) in [6, 6.07) is 0.556. The average Bonchev–Trinajstić information content (AvgIpc) is 2.13. The van der Waals surface area contributed by atoms with Gasteiger partial charge in [0.05, 0.1) is 5.60 Å². The van der Waals surface area contributed by atoms with Crippen molar-refractivity contribution in [3.8, 4) is 0 Å². The van der Waals surface area contributed by atoms with E-state index in [4.69, 9.17) is 4.74 Å². The van der Waals surface area contributed by atoms with Crippen LogP contribution in [0.4, 0.5) is 0 Å². The van der Waals surface area contributed by atoms with Gasteiger partial charge in [0.25, 0.3) is 0 Å². The molecule has 2 unspecified atom stereocenters. The fourth-order valence-electron chi connectivity index (χ4n) is 1.49. The van der Waals surface area contributed by atoms with Crippen molar-refractivity contribution in [2.75, 3.05) is 14.2 Å². The third-order valence-corrected chi connectivity index (χ3v) is 2.97. The summed E-state index contributed by atoms with van der Waals surface area (Å²) in [6.07, 6.45) is 2.28. The standard InChI is InChI=1S/C11H25NO/c1-7-9(2)10(12-5)8-11(3,4)13-6/h9-10,12H,7-8H2,1-6H3. The van der Waals surface area contributed by atoms with Crippen LogP contribution < -0.4 is 5.32 Å². The van der Waals surface area contributed by atoms with Crippen molar-refractivity contribution in [2.45, 2.75) is 52.2 Å². The molecule has 0 aromatic rings. The smallest absolute Gasteiger partial charge is 0.0637 e. The molecule has 0 aliphatic rings. The highest BCUT2D eigenvalue weighted by atomic mass is 16.5. The average molecular weight is 187 g/mol. The fourth-order valence-corrected chi connectivity index (χ4v) is 1.49. The molecule has 0 spiro atoms. The van der Waals surface area contributed by atoms with E-state index >= 15 is 0 Å². The number of rotatable bonds is 6. The summed E-state index contributed by atoms with van der Waals surface area (Å²) in [7, 11) is 3.81. The van der Waals surface area contributed by atoms with Gasteiger partial charge >= 0.3 is 0 Å². The van der Waals surface area contributed by atoms with Crippen molar-refractivity contribution in [3.63, 3.8) is 0 Å². The Morgan fingerprint density at radius 3 is 2.23 bits per heavy atom. The Kier molecular flexibility index (Phi) is 5.57. The summed E-state index contributed by atoms with van der Waals surface area (Å²) >= 11 is 0. The maximum absolute atomic E-state index is 5.42. The Bertz CT molecular complexity index is 134. The molecule has 2 atom stereocenters. The van der Waals surface area contributed by atoms with Gasteiger partial charge in [0.15, 0.2) is 0 Å². The largest absolute Gasteiger partial charge is 0.379 e. The molecular formula is C11H25NO. The first-order chi connectivity index (χ1) is 5.96. The second kappa shape index (κ2) is 5.61. The molecule has 0 radical (unpaired) electrons. The van der Waals surface area contributed by atoms with Crippen molar-refractivity contribution in [1.29, 1.82) is 0 Å². The van der Waals surface area contributed by atoms with E-state index in [2.05, 4.69) is 33.0 Å². The molecule has 0 rings (SSSR count). The van der Waals surface area contributed by atoms with Crippen molar-refractivity contribution in [1.82, 2.24) is 5.32 Å². The van der Waals surface area contributed by atoms with E-state index in [1.807, 2.05) is 7.05 Å². The lowest BCUT2D eigenvalue weighted by molar-refractivity contribution is 0.00281. The summed E-state index contributed by atoms with van der Waals surface area (Å²) in [6.45, 7) is 8.79. The van der Waals surface area contributed by atoms with E-state index in [0.29, 0.717) is 12.0 Å². The lowest BCUT2D eigenvalue weighted by Crippen LogP contribution is -2.39. The number of hydrogen-bond acceptors (Lipinski definition) is 2. The second-order valence-corrected chi connectivity index (χ2v) is 4.45. The van der Waals surface area contributed by atoms with Gasteiger partial charge in [-0.25, -0.2) is 0 Å². The summed E-state index contributed by atoms with van der Waals surface area (Å²) in [5.74, 6) is 0.708. The van der Waals surface area contributed by atoms with E-state index in [-0.39, 0.29) is 5.60 Å². The maximum atomic E-state index is 5.42. The number of ether oxygens (including phenoxy) is 1. The minimum Gasteiger partial charge on any atom is -0.379 e. The minimum atomic E-state index is -0.0168. The molecule has 0 aliphatic carbocycles. The van der Waals surface area contributed by atoms with E-state index in [0.717, 1.165) is 6.42 Å². The van der Waals surface area contributed by atoms with Crippen LogP contribution in [0.2, 0.25) is 0 Å². The van der Waals surface area contributed by atoms with Crippen LogP contribution in [0.15, 0.2) is 0 Å². The first-order valence-electron chi connectivity index (χ1n) is 5.19. The molecule has 0 aromatic heterocycles. The molecule has 0 heterocycles. The quantitative estimate of drug-likeness (QED) is 0.689. The molecule has 0 bridgehead atoms. The van der Waals surface area contributed by atoms with Gasteiger partial charge in [0.2, 0.25) is 0 Å². The number of methoxy groups -OCH3 is 1. The SMILES string of the molecule is CCC(C)C(CC(C)(C)OC)NC. The van der Waals surface area contributed by atoms with Crippen molar-refractivity contribution in [3.05, 3.63) is 0 Å². The topological polar surface area (TPSA) is 21.3 Å². The normalized spacial score (nSPS) is 17.1. The number of hydrogen-bond donors (Lipinski definition) is 1. The monoisotopic (exact) mass is 187 g/mol. The molecule has 0 aliphatic heterocycles. The Morgan fingerprint density at radius 1 is 1.38 bits per heavy atom. The molecule has 0 aromatic carbocycles. The summed E-state index contributed by atoms with van der Waals surface area (Å²) in [5.41, 5.74) is -0.0168. The van der Waals surface area contributed by atoms with Crippen LogP contribution in [0.5, 0.6) is 0 Å². The lowest BCUT2D eigenvalue weighted by atomic mass is 9.89. The van der Waals surface area contributed by atoms with Gasteiger partial charge in [-0.15, -0.1) is 0 Å². The van der Waals surface area contributed by atoms with Gasteiger partial charge in [-0.1, -0.05) is 20.3 Å². The molecule has 0 saturated heterocycles. The summed E-state index contributed by atoms with van der Waals surface area (Å²) in [4.78, 5) is 0. The first kappa shape index (κ1) is 12.9. The highest BCUT2D eigenvalue weighted by molar-refractivity contribution is 4.80. The highest BCUT2D eigenvalue weighted by Gasteiger charge is 2.24. The van der Waals surface area contributed by atoms with Crippen molar-refractivity contribution in [2.24, 2.45) is 5.92 Å². The zero-order valence-electron chi connectivity index (χ0n) is 9.98. The van der Waals surface area contributed by atoms with Crippen molar-refractivity contribution >= 4 is 0 Å². The zero-order valence-corrected chi connectivity index (χ0v) is 9.98. The van der Waals surface area contributed by atoms with E-state index < -0.39 is 0 Å². The van der Waals surface area contributed by atoms with Gasteiger partial charge < -0.3 is 10.1 Å². The lowest BCUT2D eigenvalue weighted by Gasteiger charge is -2.31. The Hall–Kier alpha value is -0.0800. The van der Waals surface area contributed by atoms with Crippen molar-refractivity contribution < 1.29 is 4.74 Å². The highest BCUT2D eigenvalue weighted by Crippen LogP contribution is 2.21. The third kappa shape index (κ3) is 4.63. The Morgan fingerprint density at radius 2 is 1.92 bits per heavy atom. The van der Waals surface area contributed by atoms with Crippen LogP contribution in [-0.2, 0) is 4.74 Å². The van der Waals surface area contributed by atoms with Gasteiger partial charge in [0.1, 0.15) is 0 Å². The molecule has 2 heteroatoms. The van der Waals surface area contributed by atoms with E-state index in [1.165, 1.54) is 6.42 Å². The van der Waals surface area contributed by atoms with Gasteiger partial charge in [-0.2, -0.15) is 0 Å². The first-order valence-corrected chi connectivity index (χ1v) is 5.19. The van der Waals surface area contributed by atoms with E-state index in [1.54, 1.807) is 7.11 Å².